The van der Waals surface area contributed by atoms with Crippen LogP contribution in [0.2, 0.25) is 0 Å². The van der Waals surface area contributed by atoms with Gasteiger partial charge in [-0.15, -0.1) is 11.3 Å². The van der Waals surface area contributed by atoms with Crippen LogP contribution in [0.4, 0.5) is 5.00 Å². The molecule has 0 radical (unpaired) electrons. The Kier molecular flexibility index (Phi) is 7.97. The van der Waals surface area contributed by atoms with Crippen molar-refractivity contribution in [3.63, 3.8) is 0 Å². The summed E-state index contributed by atoms with van der Waals surface area (Å²) in [6.45, 7) is 6.22. The van der Waals surface area contributed by atoms with Crippen molar-refractivity contribution in [1.82, 2.24) is 0 Å². The maximum Gasteiger partial charge on any atom is 0.339 e. The van der Waals surface area contributed by atoms with Crippen LogP contribution in [0.1, 0.15) is 64.8 Å². The average Bonchev–Trinajstić information content (AvgIpc) is 3.33. The number of amides is 2. The predicted molar refractivity (Wildman–Crippen MR) is 126 cm³/mol. The molecule has 33 heavy (non-hydrogen) atoms. The summed E-state index contributed by atoms with van der Waals surface area (Å²) in [5, 5.41) is 3.11. The third-order valence-electron chi connectivity index (χ3n) is 5.41. The molecule has 0 fully saturated rings. The maximum absolute atomic E-state index is 12.7. The standard InChI is InChI=1S/C24H30N2O6S/c1-13(2)10-11-31-17-9-8-15(12-18(17)30-4)24(29)32-14(3)22(28)26-23-20(21(25)27)16-6-5-7-19(16)33-23/h8-9,12-14H,5-7,10-11H2,1-4H3,(H2,25,27)(H,26,28). The van der Waals surface area contributed by atoms with Crippen molar-refractivity contribution < 1.29 is 28.6 Å². The van der Waals surface area contributed by atoms with Crippen LogP contribution in [-0.2, 0) is 22.4 Å². The quantitative estimate of drug-likeness (QED) is 0.504. The van der Waals surface area contributed by atoms with Crippen LogP contribution >= 0.6 is 11.3 Å². The van der Waals surface area contributed by atoms with Crippen molar-refractivity contribution in [3.8, 4) is 11.5 Å². The number of nitrogens with two attached hydrogens (primary N) is 1. The Labute approximate surface area is 197 Å². The highest BCUT2D eigenvalue weighted by Gasteiger charge is 2.28. The van der Waals surface area contributed by atoms with E-state index in [4.69, 9.17) is 19.9 Å². The van der Waals surface area contributed by atoms with Crippen LogP contribution in [-0.4, -0.2) is 37.6 Å². The van der Waals surface area contributed by atoms with Gasteiger partial charge in [0.25, 0.3) is 11.8 Å². The van der Waals surface area contributed by atoms with E-state index in [-0.39, 0.29) is 5.56 Å². The Balaban J connectivity index is 1.64. The van der Waals surface area contributed by atoms with E-state index in [9.17, 15) is 14.4 Å². The van der Waals surface area contributed by atoms with Gasteiger partial charge in [-0.3, -0.25) is 9.59 Å². The van der Waals surface area contributed by atoms with Crippen LogP contribution < -0.4 is 20.5 Å². The summed E-state index contributed by atoms with van der Waals surface area (Å²) in [4.78, 5) is 38.2. The number of aryl methyl sites for hydroxylation is 1. The molecule has 1 aliphatic rings. The number of benzene rings is 1. The zero-order valence-electron chi connectivity index (χ0n) is 19.4. The smallest absolute Gasteiger partial charge is 0.339 e. The minimum atomic E-state index is -1.08. The Hall–Kier alpha value is -3.07. The lowest BCUT2D eigenvalue weighted by atomic mass is 10.1. The molecular formula is C24H30N2O6S. The highest BCUT2D eigenvalue weighted by atomic mass is 32.1. The molecule has 0 spiro atoms. The van der Waals surface area contributed by atoms with Crippen molar-refractivity contribution in [1.29, 1.82) is 0 Å². The summed E-state index contributed by atoms with van der Waals surface area (Å²) in [6.07, 6.45) is 2.41. The lowest BCUT2D eigenvalue weighted by Crippen LogP contribution is -2.30. The van der Waals surface area contributed by atoms with E-state index < -0.39 is 23.9 Å². The van der Waals surface area contributed by atoms with Crippen molar-refractivity contribution >= 4 is 34.1 Å². The average molecular weight is 475 g/mol. The number of carbonyl (C=O) groups excluding carboxylic acids is 3. The third kappa shape index (κ3) is 5.84. The van der Waals surface area contributed by atoms with Gasteiger partial charge in [0.2, 0.25) is 0 Å². The second-order valence-corrected chi connectivity index (χ2v) is 9.46. The van der Waals surface area contributed by atoms with Gasteiger partial charge in [-0.25, -0.2) is 4.79 Å². The molecule has 2 amide bonds. The van der Waals surface area contributed by atoms with E-state index in [1.54, 1.807) is 12.1 Å². The summed E-state index contributed by atoms with van der Waals surface area (Å²) in [7, 11) is 1.49. The summed E-state index contributed by atoms with van der Waals surface area (Å²) in [5.74, 6) is -0.334. The molecule has 1 unspecified atom stereocenters. The van der Waals surface area contributed by atoms with Crippen LogP contribution in [0, 0.1) is 5.92 Å². The van der Waals surface area contributed by atoms with E-state index in [0.717, 1.165) is 36.1 Å². The number of thiophene rings is 1. The normalized spacial score (nSPS) is 13.4. The molecule has 9 heteroatoms. The molecule has 1 aromatic carbocycles. The largest absolute Gasteiger partial charge is 0.493 e. The van der Waals surface area contributed by atoms with Crippen LogP contribution in [0.3, 0.4) is 0 Å². The number of nitrogens with one attached hydrogen (secondary N) is 1. The molecule has 1 atom stereocenters. The Morgan fingerprint density at radius 2 is 1.91 bits per heavy atom. The Morgan fingerprint density at radius 1 is 1.15 bits per heavy atom. The number of hydrogen-bond acceptors (Lipinski definition) is 7. The molecule has 3 N–H and O–H groups in total. The Morgan fingerprint density at radius 3 is 2.58 bits per heavy atom. The van der Waals surface area contributed by atoms with Gasteiger partial charge >= 0.3 is 5.97 Å². The van der Waals surface area contributed by atoms with Gasteiger partial charge in [0.05, 0.1) is 24.8 Å². The first kappa shape index (κ1) is 24.6. The lowest BCUT2D eigenvalue weighted by molar-refractivity contribution is -0.123. The topological polar surface area (TPSA) is 117 Å². The molecule has 0 bridgehead atoms. The molecule has 1 heterocycles. The number of fused-ring (bicyclic) bond motifs is 1. The van der Waals surface area contributed by atoms with E-state index >= 15 is 0 Å². The van der Waals surface area contributed by atoms with Gasteiger partial charge in [0, 0.05) is 4.88 Å². The second kappa shape index (κ2) is 10.7. The van der Waals surface area contributed by atoms with E-state index in [0.29, 0.717) is 34.6 Å². The number of rotatable bonds is 10. The van der Waals surface area contributed by atoms with E-state index in [1.165, 1.54) is 31.4 Å². The number of primary amides is 1. The molecule has 0 saturated heterocycles. The monoisotopic (exact) mass is 474 g/mol. The van der Waals surface area contributed by atoms with Crippen molar-refractivity contribution in [2.45, 2.75) is 52.6 Å². The van der Waals surface area contributed by atoms with E-state index in [1.807, 2.05) is 0 Å². The fraction of sp³-hybridized carbons (Fsp3) is 0.458. The molecule has 8 nitrogen and oxygen atoms in total. The van der Waals surface area contributed by atoms with Gasteiger partial charge in [-0.1, -0.05) is 13.8 Å². The summed E-state index contributed by atoms with van der Waals surface area (Å²) < 4.78 is 16.4. The first-order valence-corrected chi connectivity index (χ1v) is 11.8. The molecule has 2 aromatic rings. The molecule has 3 rings (SSSR count). The first-order valence-electron chi connectivity index (χ1n) is 11.0. The summed E-state index contributed by atoms with van der Waals surface area (Å²) >= 11 is 1.35. The van der Waals surface area contributed by atoms with Crippen molar-refractivity contribution in [2.75, 3.05) is 19.0 Å². The zero-order valence-corrected chi connectivity index (χ0v) is 20.2. The molecule has 178 valence electrons. The number of anilines is 1. The minimum Gasteiger partial charge on any atom is -0.493 e. The van der Waals surface area contributed by atoms with Crippen LogP contribution in [0.15, 0.2) is 18.2 Å². The molecule has 0 aliphatic heterocycles. The maximum atomic E-state index is 12.7. The SMILES string of the molecule is COc1cc(C(=O)OC(C)C(=O)Nc2sc3c(c2C(N)=O)CCC3)ccc1OCCC(C)C. The van der Waals surface area contributed by atoms with Crippen LogP contribution in [0.5, 0.6) is 11.5 Å². The third-order valence-corrected chi connectivity index (χ3v) is 6.62. The number of ether oxygens (including phenoxy) is 3. The van der Waals surface area contributed by atoms with E-state index in [2.05, 4.69) is 19.2 Å². The van der Waals surface area contributed by atoms with Gasteiger partial charge in [0.1, 0.15) is 5.00 Å². The summed E-state index contributed by atoms with van der Waals surface area (Å²) in [6, 6.07) is 4.73. The molecular weight excluding hydrogens is 444 g/mol. The fourth-order valence-corrected chi connectivity index (χ4v) is 4.86. The first-order chi connectivity index (χ1) is 15.7. The van der Waals surface area contributed by atoms with Gasteiger partial charge in [-0.05, 0) is 62.3 Å². The molecule has 0 saturated carbocycles. The lowest BCUT2D eigenvalue weighted by Gasteiger charge is -2.15. The van der Waals surface area contributed by atoms with Crippen molar-refractivity contribution in [3.05, 3.63) is 39.8 Å². The minimum absolute atomic E-state index is 0.232. The number of esters is 1. The highest BCUT2D eigenvalue weighted by Crippen LogP contribution is 2.39. The van der Waals surface area contributed by atoms with Crippen molar-refractivity contribution in [2.24, 2.45) is 11.7 Å². The number of carbonyl (C=O) groups is 3. The zero-order chi connectivity index (χ0) is 24.1. The van der Waals surface area contributed by atoms with Gasteiger partial charge in [-0.2, -0.15) is 0 Å². The molecule has 1 aliphatic carbocycles. The van der Waals surface area contributed by atoms with Crippen LogP contribution in [0.25, 0.3) is 0 Å². The highest BCUT2D eigenvalue weighted by molar-refractivity contribution is 7.17. The fourth-order valence-electron chi connectivity index (χ4n) is 3.57. The molecule has 1 aromatic heterocycles. The van der Waals surface area contributed by atoms with Gasteiger partial charge < -0.3 is 25.3 Å². The summed E-state index contributed by atoms with van der Waals surface area (Å²) in [5.41, 5.74) is 7.04. The number of methoxy groups -OCH3 is 1. The van der Waals surface area contributed by atoms with Gasteiger partial charge in [0.15, 0.2) is 17.6 Å². The Bertz CT molecular complexity index is 1050. The predicted octanol–water partition coefficient (Wildman–Crippen LogP) is 3.95. The second-order valence-electron chi connectivity index (χ2n) is 8.36. The number of hydrogen-bond donors (Lipinski definition) is 2.